The molecule has 0 spiro atoms. The molecule has 25 heavy (non-hydrogen) atoms. The second-order valence-electron chi connectivity index (χ2n) is 5.58. The molecule has 0 aliphatic heterocycles. The summed E-state index contributed by atoms with van der Waals surface area (Å²) >= 11 is 0. The molecule has 0 aromatic heterocycles. The van der Waals surface area contributed by atoms with E-state index in [0.717, 1.165) is 16.9 Å². The van der Waals surface area contributed by atoms with Crippen LogP contribution in [0.1, 0.15) is 16.7 Å². The maximum absolute atomic E-state index is 12.0. The highest BCUT2D eigenvalue weighted by atomic mass is 32.2. The fourth-order valence-electron chi connectivity index (χ4n) is 2.24. The predicted molar refractivity (Wildman–Crippen MR) is 96.7 cm³/mol. The van der Waals surface area contributed by atoms with Crippen LogP contribution in [-0.2, 0) is 33.5 Å². The van der Waals surface area contributed by atoms with Crippen molar-refractivity contribution in [3.05, 3.63) is 65.2 Å². The van der Waals surface area contributed by atoms with Crippen LogP contribution in [0.25, 0.3) is 0 Å². The van der Waals surface area contributed by atoms with Crippen molar-refractivity contribution in [3.63, 3.8) is 0 Å². The van der Waals surface area contributed by atoms with Crippen LogP contribution in [0.3, 0.4) is 0 Å². The third kappa shape index (κ3) is 6.21. The fourth-order valence-corrected chi connectivity index (χ4v) is 3.01. The van der Waals surface area contributed by atoms with E-state index in [1.54, 1.807) is 19.2 Å². The maximum atomic E-state index is 12.0. The molecule has 0 heterocycles. The van der Waals surface area contributed by atoms with Crippen LogP contribution in [0.15, 0.2) is 48.5 Å². The molecule has 0 bridgehead atoms. The normalized spacial score (nSPS) is 11.1. The van der Waals surface area contributed by atoms with Gasteiger partial charge in [0.15, 0.2) is 0 Å². The van der Waals surface area contributed by atoms with Gasteiger partial charge in [-0.3, -0.25) is 4.79 Å². The van der Waals surface area contributed by atoms with Crippen molar-refractivity contribution in [2.75, 3.05) is 14.2 Å². The molecule has 0 saturated carbocycles. The average Bonchev–Trinajstić information content (AvgIpc) is 2.61. The van der Waals surface area contributed by atoms with Gasteiger partial charge in [0.25, 0.3) is 0 Å². The molecule has 2 N–H and O–H groups in total. The number of hydrogen-bond donors (Lipinski definition) is 2. The van der Waals surface area contributed by atoms with Gasteiger partial charge < -0.3 is 10.1 Å². The van der Waals surface area contributed by atoms with Gasteiger partial charge in [-0.15, -0.1) is 0 Å². The molecule has 0 aliphatic carbocycles. The van der Waals surface area contributed by atoms with Crippen molar-refractivity contribution in [2.45, 2.75) is 18.7 Å². The molecule has 0 fully saturated rings. The van der Waals surface area contributed by atoms with Gasteiger partial charge in [0.2, 0.25) is 15.9 Å². The summed E-state index contributed by atoms with van der Waals surface area (Å²) in [7, 11) is -0.290. The van der Waals surface area contributed by atoms with E-state index in [1.807, 2.05) is 36.4 Å². The van der Waals surface area contributed by atoms with Crippen molar-refractivity contribution in [1.82, 2.24) is 10.0 Å². The summed E-state index contributed by atoms with van der Waals surface area (Å²) in [5, 5.41) is 2.85. The number of benzene rings is 2. The standard InChI is InChI=1S/C18H22N2O4S/c1-19-25(22,23)13-16-5-3-15(4-6-16)12-20-18(21)11-14-7-9-17(24-2)10-8-14/h3-10,19H,11-13H2,1-2H3,(H,20,21). The second kappa shape index (κ2) is 8.64. The Morgan fingerprint density at radius 1 is 0.960 bits per heavy atom. The van der Waals surface area contributed by atoms with Crippen molar-refractivity contribution in [2.24, 2.45) is 0 Å². The Morgan fingerprint density at radius 2 is 1.52 bits per heavy atom. The van der Waals surface area contributed by atoms with Crippen LogP contribution in [-0.4, -0.2) is 28.5 Å². The van der Waals surface area contributed by atoms with Crippen molar-refractivity contribution >= 4 is 15.9 Å². The van der Waals surface area contributed by atoms with Gasteiger partial charge in [-0.25, -0.2) is 13.1 Å². The van der Waals surface area contributed by atoms with Crippen LogP contribution in [0.2, 0.25) is 0 Å². The van der Waals surface area contributed by atoms with E-state index in [4.69, 9.17) is 4.74 Å². The monoisotopic (exact) mass is 362 g/mol. The molecule has 7 heteroatoms. The largest absolute Gasteiger partial charge is 0.497 e. The highest BCUT2D eigenvalue weighted by Crippen LogP contribution is 2.12. The Morgan fingerprint density at radius 3 is 2.08 bits per heavy atom. The first kappa shape index (κ1) is 19.0. The second-order valence-corrected chi connectivity index (χ2v) is 7.51. The summed E-state index contributed by atoms with van der Waals surface area (Å²) in [5.74, 6) is 0.615. The summed E-state index contributed by atoms with van der Waals surface area (Å²) < 4.78 is 30.4. The van der Waals surface area contributed by atoms with Crippen LogP contribution in [0.4, 0.5) is 0 Å². The molecule has 0 unspecified atom stereocenters. The quantitative estimate of drug-likeness (QED) is 0.747. The molecule has 0 saturated heterocycles. The van der Waals surface area contributed by atoms with Gasteiger partial charge in [0.1, 0.15) is 5.75 Å². The molecular weight excluding hydrogens is 340 g/mol. The summed E-state index contributed by atoms with van der Waals surface area (Å²) in [6.45, 7) is 0.397. The topological polar surface area (TPSA) is 84.5 Å². The fraction of sp³-hybridized carbons (Fsp3) is 0.278. The number of rotatable bonds is 8. The highest BCUT2D eigenvalue weighted by Gasteiger charge is 2.08. The minimum absolute atomic E-state index is 0.0619. The molecule has 2 aromatic carbocycles. The molecule has 2 rings (SSSR count). The van der Waals surface area contributed by atoms with Crippen molar-refractivity contribution < 1.29 is 17.9 Å². The van der Waals surface area contributed by atoms with Gasteiger partial charge >= 0.3 is 0 Å². The third-order valence-electron chi connectivity index (χ3n) is 3.70. The lowest BCUT2D eigenvalue weighted by molar-refractivity contribution is -0.120. The number of carbonyl (C=O) groups is 1. The van der Waals surface area contributed by atoms with Gasteiger partial charge in [-0.2, -0.15) is 0 Å². The third-order valence-corrected chi connectivity index (χ3v) is 5.04. The van der Waals surface area contributed by atoms with Crippen LogP contribution >= 0.6 is 0 Å². The lowest BCUT2D eigenvalue weighted by Crippen LogP contribution is -2.24. The molecule has 134 valence electrons. The van der Waals surface area contributed by atoms with Crippen LogP contribution in [0, 0.1) is 0 Å². The number of hydrogen-bond acceptors (Lipinski definition) is 4. The zero-order chi connectivity index (χ0) is 18.3. The van der Waals surface area contributed by atoms with E-state index in [2.05, 4.69) is 10.0 Å². The van der Waals surface area contributed by atoms with Crippen molar-refractivity contribution in [1.29, 1.82) is 0 Å². The Bertz CT molecular complexity index is 800. The lowest BCUT2D eigenvalue weighted by Gasteiger charge is -2.08. The number of sulfonamides is 1. The molecule has 0 aliphatic rings. The number of carbonyl (C=O) groups excluding carboxylic acids is 1. The summed E-state index contributed by atoms with van der Waals surface area (Å²) in [4.78, 5) is 12.0. The molecule has 6 nitrogen and oxygen atoms in total. The molecular formula is C18H22N2O4S. The lowest BCUT2D eigenvalue weighted by atomic mass is 10.1. The van der Waals surface area contributed by atoms with Crippen LogP contribution < -0.4 is 14.8 Å². The predicted octanol–water partition coefficient (Wildman–Crippen LogP) is 1.60. The Hall–Kier alpha value is -2.38. The average molecular weight is 362 g/mol. The maximum Gasteiger partial charge on any atom is 0.224 e. The Labute approximate surface area is 148 Å². The zero-order valence-corrected chi connectivity index (χ0v) is 15.1. The first-order valence-corrected chi connectivity index (χ1v) is 9.46. The van der Waals surface area contributed by atoms with E-state index in [1.165, 1.54) is 7.05 Å². The summed E-state index contributed by atoms with van der Waals surface area (Å²) in [6.07, 6.45) is 0.294. The minimum Gasteiger partial charge on any atom is -0.497 e. The van der Waals surface area contributed by atoms with Crippen LogP contribution in [0.5, 0.6) is 5.75 Å². The first-order valence-electron chi connectivity index (χ1n) is 7.80. The smallest absolute Gasteiger partial charge is 0.224 e. The van der Waals surface area contributed by atoms with E-state index in [9.17, 15) is 13.2 Å². The first-order chi connectivity index (χ1) is 11.9. The number of nitrogens with one attached hydrogen (secondary N) is 2. The Kier molecular flexibility index (Phi) is 6.55. The molecule has 0 atom stereocenters. The SMILES string of the molecule is CNS(=O)(=O)Cc1ccc(CNC(=O)Cc2ccc(OC)cc2)cc1. The molecule has 0 radical (unpaired) electrons. The number of amides is 1. The van der Waals surface area contributed by atoms with Gasteiger partial charge in [-0.1, -0.05) is 36.4 Å². The van der Waals surface area contributed by atoms with E-state index in [-0.39, 0.29) is 11.7 Å². The van der Waals surface area contributed by atoms with Crippen molar-refractivity contribution in [3.8, 4) is 5.75 Å². The van der Waals surface area contributed by atoms with Gasteiger partial charge in [-0.05, 0) is 35.9 Å². The van der Waals surface area contributed by atoms with Gasteiger partial charge in [0.05, 0.1) is 19.3 Å². The molecule has 1 amide bonds. The molecule has 2 aromatic rings. The van der Waals surface area contributed by atoms with E-state index in [0.29, 0.717) is 18.5 Å². The number of methoxy groups -OCH3 is 1. The number of ether oxygens (including phenoxy) is 1. The zero-order valence-electron chi connectivity index (χ0n) is 14.3. The van der Waals surface area contributed by atoms with Gasteiger partial charge in [0, 0.05) is 6.54 Å². The Balaban J connectivity index is 1.84. The highest BCUT2D eigenvalue weighted by molar-refractivity contribution is 7.88. The van der Waals surface area contributed by atoms with E-state index >= 15 is 0 Å². The minimum atomic E-state index is -3.28. The van der Waals surface area contributed by atoms with E-state index < -0.39 is 10.0 Å². The summed E-state index contributed by atoms with van der Waals surface area (Å²) in [6, 6.07) is 14.5. The summed E-state index contributed by atoms with van der Waals surface area (Å²) in [5.41, 5.74) is 2.52.